The summed E-state index contributed by atoms with van der Waals surface area (Å²) in [4.78, 5) is 15.4. The van der Waals surface area contributed by atoms with Gasteiger partial charge in [0.1, 0.15) is 0 Å². The minimum Gasteiger partial charge on any atom is -0.347 e. The molecule has 0 aliphatic heterocycles. The van der Waals surface area contributed by atoms with Crippen LogP contribution in [0.15, 0.2) is 48.0 Å². The van der Waals surface area contributed by atoms with E-state index < -0.39 is 0 Å². The van der Waals surface area contributed by atoms with Gasteiger partial charge in [0.05, 0.1) is 6.54 Å². The summed E-state index contributed by atoms with van der Waals surface area (Å²) in [5.74, 6) is 0.186. The first-order valence-corrected chi connectivity index (χ1v) is 8.34. The first-order valence-electron chi connectivity index (χ1n) is 7.46. The Bertz CT molecular complexity index is 787. The Kier molecular flexibility index (Phi) is 4.29. The van der Waals surface area contributed by atoms with Crippen molar-refractivity contribution in [1.82, 2.24) is 9.47 Å². The van der Waals surface area contributed by atoms with Crippen molar-refractivity contribution in [2.75, 3.05) is 7.05 Å². The van der Waals surface area contributed by atoms with Crippen LogP contribution < -0.4 is 0 Å². The van der Waals surface area contributed by atoms with E-state index in [1.165, 1.54) is 21.3 Å². The van der Waals surface area contributed by atoms with Gasteiger partial charge >= 0.3 is 0 Å². The monoisotopic (exact) mass is 312 g/mol. The molecule has 2 aromatic heterocycles. The van der Waals surface area contributed by atoms with Gasteiger partial charge in [-0.2, -0.15) is 0 Å². The fraction of sp³-hybridized carbons (Fsp3) is 0.278. The van der Waals surface area contributed by atoms with Crippen LogP contribution in [0, 0.1) is 6.92 Å². The van der Waals surface area contributed by atoms with E-state index in [0.29, 0.717) is 13.0 Å². The SMILES string of the molecule is Cc1ccsc1CN(C)C(=O)CCn1ccc2ccccc21. The van der Waals surface area contributed by atoms with Crippen LogP contribution in [0.3, 0.4) is 0 Å². The van der Waals surface area contributed by atoms with Gasteiger partial charge in [0.2, 0.25) is 5.91 Å². The van der Waals surface area contributed by atoms with E-state index in [1.54, 1.807) is 11.3 Å². The van der Waals surface area contributed by atoms with E-state index in [0.717, 1.165) is 6.54 Å². The third-order valence-corrected chi connectivity index (χ3v) is 5.03. The van der Waals surface area contributed by atoms with Crippen LogP contribution >= 0.6 is 11.3 Å². The Morgan fingerprint density at radius 1 is 1.23 bits per heavy atom. The van der Waals surface area contributed by atoms with E-state index in [-0.39, 0.29) is 5.91 Å². The molecule has 0 spiro atoms. The molecule has 3 rings (SSSR count). The van der Waals surface area contributed by atoms with Gasteiger partial charge in [0.15, 0.2) is 0 Å². The van der Waals surface area contributed by atoms with Gasteiger partial charge < -0.3 is 9.47 Å². The minimum absolute atomic E-state index is 0.186. The number of nitrogens with zero attached hydrogens (tertiary/aromatic N) is 2. The molecule has 0 saturated heterocycles. The average Bonchev–Trinajstić information content (AvgIpc) is 3.11. The number of thiophene rings is 1. The third kappa shape index (κ3) is 3.07. The zero-order valence-electron chi connectivity index (χ0n) is 13.0. The lowest BCUT2D eigenvalue weighted by Gasteiger charge is -2.17. The zero-order chi connectivity index (χ0) is 15.5. The minimum atomic E-state index is 0.186. The molecule has 4 heteroatoms. The molecule has 0 aliphatic rings. The molecule has 3 aromatic rings. The summed E-state index contributed by atoms with van der Waals surface area (Å²) in [6, 6.07) is 12.5. The summed E-state index contributed by atoms with van der Waals surface area (Å²) in [5, 5.41) is 3.30. The number of aromatic nitrogens is 1. The van der Waals surface area contributed by atoms with Crippen molar-refractivity contribution in [2.45, 2.75) is 26.4 Å². The van der Waals surface area contributed by atoms with Crippen LogP contribution in [0.4, 0.5) is 0 Å². The van der Waals surface area contributed by atoms with Crippen molar-refractivity contribution in [3.05, 3.63) is 58.4 Å². The topological polar surface area (TPSA) is 25.2 Å². The lowest BCUT2D eigenvalue weighted by molar-refractivity contribution is -0.130. The fourth-order valence-corrected chi connectivity index (χ4v) is 3.57. The summed E-state index contributed by atoms with van der Waals surface area (Å²) < 4.78 is 2.15. The molecule has 0 radical (unpaired) electrons. The van der Waals surface area contributed by atoms with Crippen LogP contribution in [-0.4, -0.2) is 22.4 Å². The van der Waals surface area contributed by atoms with E-state index in [4.69, 9.17) is 0 Å². The van der Waals surface area contributed by atoms with E-state index in [2.05, 4.69) is 47.3 Å². The molecule has 0 aliphatic carbocycles. The number of carbonyl (C=O) groups is 1. The molecule has 0 bridgehead atoms. The maximum Gasteiger partial charge on any atom is 0.224 e. The van der Waals surface area contributed by atoms with Crippen molar-refractivity contribution in [2.24, 2.45) is 0 Å². The summed E-state index contributed by atoms with van der Waals surface area (Å²) in [6.45, 7) is 3.52. The van der Waals surface area contributed by atoms with Crippen molar-refractivity contribution < 1.29 is 4.79 Å². The van der Waals surface area contributed by atoms with Gasteiger partial charge in [-0.3, -0.25) is 4.79 Å². The second-order valence-electron chi connectivity index (χ2n) is 5.59. The Hall–Kier alpha value is -2.07. The molecule has 1 amide bonds. The molecule has 2 heterocycles. The molecule has 114 valence electrons. The van der Waals surface area contributed by atoms with Crippen LogP contribution in [0.2, 0.25) is 0 Å². The Morgan fingerprint density at radius 3 is 2.82 bits per heavy atom. The van der Waals surface area contributed by atoms with Crippen LogP contribution in [-0.2, 0) is 17.9 Å². The van der Waals surface area contributed by atoms with Crippen molar-refractivity contribution >= 4 is 28.1 Å². The van der Waals surface area contributed by atoms with E-state index in [1.807, 2.05) is 24.1 Å². The Balaban J connectivity index is 1.61. The molecule has 0 unspecified atom stereocenters. The maximum atomic E-state index is 12.3. The standard InChI is InChI=1S/C18H20N2OS/c1-14-9-12-22-17(14)13-19(2)18(21)8-11-20-10-7-15-5-3-4-6-16(15)20/h3-7,9-10,12H,8,11,13H2,1-2H3. The van der Waals surface area contributed by atoms with Crippen LogP contribution in [0.5, 0.6) is 0 Å². The first-order chi connectivity index (χ1) is 10.6. The molecule has 0 fully saturated rings. The zero-order valence-corrected chi connectivity index (χ0v) is 13.8. The molecule has 3 nitrogen and oxygen atoms in total. The number of carbonyl (C=O) groups excluding carboxylic acids is 1. The lowest BCUT2D eigenvalue weighted by atomic mass is 10.2. The number of benzene rings is 1. The summed E-state index contributed by atoms with van der Waals surface area (Å²) >= 11 is 1.71. The second kappa shape index (κ2) is 6.36. The third-order valence-electron chi connectivity index (χ3n) is 4.02. The second-order valence-corrected chi connectivity index (χ2v) is 6.60. The molecule has 0 atom stereocenters. The van der Waals surface area contributed by atoms with Gasteiger partial charge in [-0.05, 0) is 41.5 Å². The smallest absolute Gasteiger partial charge is 0.224 e. The Labute approximate surface area is 134 Å². The highest BCUT2D eigenvalue weighted by Crippen LogP contribution is 2.18. The van der Waals surface area contributed by atoms with E-state index in [9.17, 15) is 4.79 Å². The normalized spacial score (nSPS) is 11.0. The van der Waals surface area contributed by atoms with Crippen LogP contribution in [0.1, 0.15) is 16.9 Å². The lowest BCUT2D eigenvalue weighted by Crippen LogP contribution is -2.26. The number of para-hydroxylation sites is 1. The predicted molar refractivity (Wildman–Crippen MR) is 92.1 cm³/mol. The fourth-order valence-electron chi connectivity index (χ4n) is 2.61. The number of hydrogen-bond donors (Lipinski definition) is 0. The molecule has 1 aromatic carbocycles. The quantitative estimate of drug-likeness (QED) is 0.697. The van der Waals surface area contributed by atoms with Gasteiger partial charge in [0.25, 0.3) is 0 Å². The van der Waals surface area contributed by atoms with Gasteiger partial charge in [-0.25, -0.2) is 0 Å². The summed E-state index contributed by atoms with van der Waals surface area (Å²) in [6.07, 6.45) is 2.58. The molecular weight excluding hydrogens is 292 g/mol. The Morgan fingerprint density at radius 2 is 2.05 bits per heavy atom. The predicted octanol–water partition coefficient (Wildman–Crippen LogP) is 4.06. The van der Waals surface area contributed by atoms with Crippen molar-refractivity contribution in [3.8, 4) is 0 Å². The molecule has 0 N–H and O–H groups in total. The molecule has 0 saturated carbocycles. The van der Waals surface area contributed by atoms with Gasteiger partial charge in [-0.1, -0.05) is 18.2 Å². The van der Waals surface area contributed by atoms with Gasteiger partial charge in [-0.15, -0.1) is 11.3 Å². The summed E-state index contributed by atoms with van der Waals surface area (Å²) in [5.41, 5.74) is 2.45. The number of hydrogen-bond acceptors (Lipinski definition) is 2. The van der Waals surface area contributed by atoms with Crippen LogP contribution in [0.25, 0.3) is 10.9 Å². The highest BCUT2D eigenvalue weighted by atomic mass is 32.1. The number of aryl methyl sites for hydroxylation is 2. The van der Waals surface area contributed by atoms with Crippen molar-refractivity contribution in [3.63, 3.8) is 0 Å². The average molecular weight is 312 g/mol. The highest BCUT2D eigenvalue weighted by Gasteiger charge is 2.12. The van der Waals surface area contributed by atoms with E-state index >= 15 is 0 Å². The van der Waals surface area contributed by atoms with Gasteiger partial charge in [0, 0.05) is 36.6 Å². The van der Waals surface area contributed by atoms with Crippen molar-refractivity contribution in [1.29, 1.82) is 0 Å². The molecule has 22 heavy (non-hydrogen) atoms. The first kappa shape index (κ1) is 14.9. The maximum absolute atomic E-state index is 12.3. The number of amides is 1. The summed E-state index contributed by atoms with van der Waals surface area (Å²) in [7, 11) is 1.88. The number of fused-ring (bicyclic) bond motifs is 1. The number of rotatable bonds is 5. The molecular formula is C18H20N2OS. The largest absolute Gasteiger partial charge is 0.347 e. The highest BCUT2D eigenvalue weighted by molar-refractivity contribution is 7.10.